The molecule has 0 radical (unpaired) electrons. The SMILES string of the molecule is Cc1nc(N)sc1C(=O)NC1CCC(C(N)=O)CC1. The van der Waals surface area contributed by atoms with Gasteiger partial charge in [-0.3, -0.25) is 9.59 Å². The van der Waals surface area contributed by atoms with Crippen LogP contribution in [0.3, 0.4) is 0 Å². The van der Waals surface area contributed by atoms with Crippen LogP contribution < -0.4 is 16.8 Å². The first-order valence-corrected chi connectivity index (χ1v) is 7.12. The van der Waals surface area contributed by atoms with E-state index in [0.29, 0.717) is 15.7 Å². The van der Waals surface area contributed by atoms with Crippen molar-refractivity contribution >= 4 is 28.3 Å². The summed E-state index contributed by atoms with van der Waals surface area (Å²) in [5, 5.41) is 3.38. The number of nitrogens with one attached hydrogen (secondary N) is 1. The van der Waals surface area contributed by atoms with E-state index in [0.717, 1.165) is 25.7 Å². The number of carbonyl (C=O) groups is 2. The van der Waals surface area contributed by atoms with Gasteiger partial charge in [-0.25, -0.2) is 4.98 Å². The molecule has 0 aromatic carbocycles. The van der Waals surface area contributed by atoms with Crippen LogP contribution in [0, 0.1) is 12.8 Å². The maximum atomic E-state index is 12.1. The molecule has 2 amide bonds. The monoisotopic (exact) mass is 282 g/mol. The van der Waals surface area contributed by atoms with Gasteiger partial charge in [-0.15, -0.1) is 0 Å². The van der Waals surface area contributed by atoms with Crippen LogP contribution in [-0.4, -0.2) is 22.8 Å². The van der Waals surface area contributed by atoms with Crippen molar-refractivity contribution in [3.05, 3.63) is 10.6 Å². The molecule has 1 fully saturated rings. The summed E-state index contributed by atoms with van der Waals surface area (Å²) in [4.78, 5) is 27.7. The van der Waals surface area contributed by atoms with Crippen LogP contribution >= 0.6 is 11.3 Å². The minimum absolute atomic E-state index is 0.0473. The molecule has 1 aliphatic rings. The lowest BCUT2D eigenvalue weighted by Crippen LogP contribution is -2.39. The number of anilines is 1. The van der Waals surface area contributed by atoms with Crippen molar-refractivity contribution in [2.24, 2.45) is 11.7 Å². The second-order valence-corrected chi connectivity index (χ2v) is 5.92. The minimum Gasteiger partial charge on any atom is -0.375 e. The van der Waals surface area contributed by atoms with Gasteiger partial charge in [0, 0.05) is 12.0 Å². The maximum absolute atomic E-state index is 12.1. The Bertz CT molecular complexity index is 492. The number of nitrogens with zero attached hydrogens (tertiary/aromatic N) is 1. The standard InChI is InChI=1S/C12H18N4O2S/c1-6-9(19-12(14)15-6)11(18)16-8-4-2-7(3-5-8)10(13)17/h7-8H,2-5H2,1H3,(H2,13,17)(H2,14,15)(H,16,18). The maximum Gasteiger partial charge on any atom is 0.263 e. The smallest absolute Gasteiger partial charge is 0.263 e. The van der Waals surface area contributed by atoms with Crippen molar-refractivity contribution in [3.63, 3.8) is 0 Å². The summed E-state index contributed by atoms with van der Waals surface area (Å²) in [6.45, 7) is 1.77. The van der Waals surface area contributed by atoms with Crippen molar-refractivity contribution in [2.45, 2.75) is 38.6 Å². The molecule has 0 bridgehead atoms. The normalized spacial score (nSPS) is 23.0. The molecule has 1 aliphatic carbocycles. The second-order valence-electron chi connectivity index (χ2n) is 4.89. The van der Waals surface area contributed by atoms with Crippen LogP contribution in [-0.2, 0) is 4.79 Å². The number of hydrogen-bond donors (Lipinski definition) is 3. The number of carbonyl (C=O) groups excluding carboxylic acids is 2. The van der Waals surface area contributed by atoms with Crippen LogP contribution in [0.15, 0.2) is 0 Å². The Labute approximate surface area is 115 Å². The van der Waals surface area contributed by atoms with Gasteiger partial charge in [-0.1, -0.05) is 11.3 Å². The molecular weight excluding hydrogens is 264 g/mol. The van der Waals surface area contributed by atoms with E-state index >= 15 is 0 Å². The van der Waals surface area contributed by atoms with E-state index in [4.69, 9.17) is 11.5 Å². The molecule has 0 spiro atoms. The molecule has 6 nitrogen and oxygen atoms in total. The summed E-state index contributed by atoms with van der Waals surface area (Å²) < 4.78 is 0. The van der Waals surface area contributed by atoms with Gasteiger partial charge >= 0.3 is 0 Å². The van der Waals surface area contributed by atoms with Crippen molar-refractivity contribution < 1.29 is 9.59 Å². The van der Waals surface area contributed by atoms with Gasteiger partial charge in [0.1, 0.15) is 4.88 Å². The third-order valence-electron chi connectivity index (χ3n) is 3.48. The minimum atomic E-state index is -0.240. The predicted octanol–water partition coefficient (Wildman–Crippen LogP) is 0.808. The number of primary amides is 1. The summed E-state index contributed by atoms with van der Waals surface area (Å²) in [6.07, 6.45) is 3.05. The zero-order valence-electron chi connectivity index (χ0n) is 10.8. The van der Waals surface area contributed by atoms with Crippen LogP contribution in [0.5, 0.6) is 0 Å². The number of aryl methyl sites for hydroxylation is 1. The average molecular weight is 282 g/mol. The lowest BCUT2D eigenvalue weighted by Gasteiger charge is -2.27. The van der Waals surface area contributed by atoms with Gasteiger partial charge in [-0.2, -0.15) is 0 Å². The highest BCUT2D eigenvalue weighted by Gasteiger charge is 2.26. The number of aromatic nitrogens is 1. The van der Waals surface area contributed by atoms with Crippen LogP contribution in [0.2, 0.25) is 0 Å². The molecule has 0 saturated heterocycles. The number of hydrogen-bond acceptors (Lipinski definition) is 5. The van der Waals surface area contributed by atoms with Crippen LogP contribution in [0.25, 0.3) is 0 Å². The molecule has 1 saturated carbocycles. The highest BCUT2D eigenvalue weighted by Crippen LogP contribution is 2.25. The summed E-state index contributed by atoms with van der Waals surface area (Å²) in [5.41, 5.74) is 11.5. The van der Waals surface area contributed by atoms with Gasteiger partial charge in [0.15, 0.2) is 5.13 Å². The molecule has 104 valence electrons. The van der Waals surface area contributed by atoms with E-state index in [2.05, 4.69) is 10.3 Å². The van der Waals surface area contributed by atoms with Gasteiger partial charge in [0.25, 0.3) is 5.91 Å². The van der Waals surface area contributed by atoms with Crippen molar-refractivity contribution in [2.75, 3.05) is 5.73 Å². The summed E-state index contributed by atoms with van der Waals surface area (Å²) in [5.74, 6) is -0.418. The number of thiazole rings is 1. The van der Waals surface area contributed by atoms with Crippen molar-refractivity contribution in [1.82, 2.24) is 10.3 Å². The lowest BCUT2D eigenvalue weighted by molar-refractivity contribution is -0.122. The van der Waals surface area contributed by atoms with E-state index in [-0.39, 0.29) is 23.8 Å². The third kappa shape index (κ3) is 3.23. The molecule has 1 aromatic heterocycles. The van der Waals surface area contributed by atoms with Gasteiger partial charge in [-0.05, 0) is 32.6 Å². The van der Waals surface area contributed by atoms with E-state index in [1.165, 1.54) is 11.3 Å². The molecule has 2 rings (SSSR count). The van der Waals surface area contributed by atoms with Gasteiger partial charge in [0.05, 0.1) is 5.69 Å². The van der Waals surface area contributed by atoms with E-state index in [1.54, 1.807) is 6.92 Å². The second kappa shape index (κ2) is 5.56. The number of amides is 2. The average Bonchev–Trinajstić information content (AvgIpc) is 2.69. The summed E-state index contributed by atoms with van der Waals surface area (Å²) >= 11 is 1.20. The van der Waals surface area contributed by atoms with E-state index in [9.17, 15) is 9.59 Å². The fourth-order valence-corrected chi connectivity index (χ4v) is 3.14. The topological polar surface area (TPSA) is 111 Å². The first-order chi connectivity index (χ1) is 8.97. The Balaban J connectivity index is 1.91. The predicted molar refractivity (Wildman–Crippen MR) is 73.7 cm³/mol. The Morgan fingerprint density at radius 2 is 1.95 bits per heavy atom. The summed E-state index contributed by atoms with van der Waals surface area (Å²) in [7, 11) is 0. The van der Waals surface area contributed by atoms with E-state index in [1.807, 2.05) is 0 Å². The molecule has 7 heteroatoms. The van der Waals surface area contributed by atoms with Crippen molar-refractivity contribution in [3.8, 4) is 0 Å². The molecule has 5 N–H and O–H groups in total. The molecular formula is C12H18N4O2S. The third-order valence-corrected chi connectivity index (χ3v) is 4.47. The zero-order valence-corrected chi connectivity index (χ0v) is 11.6. The van der Waals surface area contributed by atoms with Gasteiger partial charge < -0.3 is 16.8 Å². The highest BCUT2D eigenvalue weighted by molar-refractivity contribution is 7.17. The number of rotatable bonds is 3. The fourth-order valence-electron chi connectivity index (χ4n) is 2.40. The van der Waals surface area contributed by atoms with E-state index < -0.39 is 0 Å². The Morgan fingerprint density at radius 1 is 1.32 bits per heavy atom. The quantitative estimate of drug-likeness (QED) is 0.761. The molecule has 0 atom stereocenters. The highest BCUT2D eigenvalue weighted by atomic mass is 32.1. The fraction of sp³-hybridized carbons (Fsp3) is 0.583. The zero-order chi connectivity index (χ0) is 14.0. The van der Waals surface area contributed by atoms with Gasteiger partial charge in [0.2, 0.25) is 5.91 Å². The largest absolute Gasteiger partial charge is 0.375 e. The Kier molecular flexibility index (Phi) is 4.04. The van der Waals surface area contributed by atoms with Crippen molar-refractivity contribution in [1.29, 1.82) is 0 Å². The first-order valence-electron chi connectivity index (χ1n) is 6.30. The Hall–Kier alpha value is -1.63. The number of nitrogens with two attached hydrogens (primary N) is 2. The molecule has 19 heavy (non-hydrogen) atoms. The molecule has 1 heterocycles. The lowest BCUT2D eigenvalue weighted by atomic mass is 9.85. The molecule has 0 unspecified atom stereocenters. The van der Waals surface area contributed by atoms with Crippen LogP contribution in [0.1, 0.15) is 41.0 Å². The Morgan fingerprint density at radius 3 is 2.42 bits per heavy atom. The molecule has 0 aliphatic heterocycles. The first kappa shape index (κ1) is 13.8. The number of nitrogen functional groups attached to an aromatic ring is 1. The van der Waals surface area contributed by atoms with Crippen LogP contribution in [0.4, 0.5) is 5.13 Å². The molecule has 1 aromatic rings. The summed E-state index contributed by atoms with van der Waals surface area (Å²) in [6, 6.07) is 0.103.